The maximum absolute atomic E-state index is 13.1. The molecule has 0 radical (unpaired) electrons. The second kappa shape index (κ2) is 9.80. The van der Waals surface area contributed by atoms with Crippen LogP contribution in [0.25, 0.3) is 10.8 Å². The molecule has 1 heterocycles. The Bertz CT molecular complexity index is 1430. The molecule has 0 fully saturated rings. The van der Waals surface area contributed by atoms with Crippen molar-refractivity contribution in [3.63, 3.8) is 0 Å². The van der Waals surface area contributed by atoms with Crippen molar-refractivity contribution in [3.05, 3.63) is 106 Å². The zero-order valence-corrected chi connectivity index (χ0v) is 18.2. The molecule has 0 saturated carbocycles. The third-order valence-corrected chi connectivity index (χ3v) is 5.11. The zero-order valence-electron chi connectivity index (χ0n) is 18.2. The third kappa shape index (κ3) is 5.72. The summed E-state index contributed by atoms with van der Waals surface area (Å²) < 4.78 is 38.1. The van der Waals surface area contributed by atoms with Crippen molar-refractivity contribution in [2.45, 2.75) is 12.7 Å². The van der Waals surface area contributed by atoms with Crippen LogP contribution < -0.4 is 16.2 Å². The van der Waals surface area contributed by atoms with Gasteiger partial charge < -0.3 is 10.6 Å². The Kier molecular flexibility index (Phi) is 6.63. The number of carbonyl (C=O) groups is 2. The molecule has 3 aromatic carbocycles. The summed E-state index contributed by atoms with van der Waals surface area (Å²) in [6.07, 6.45) is -4.52. The van der Waals surface area contributed by atoms with Crippen LogP contribution in [-0.4, -0.2) is 34.3 Å². The average molecular weight is 480 g/mol. The molecule has 2 N–H and O–H groups in total. The Balaban J connectivity index is 1.58. The number of benzene rings is 3. The van der Waals surface area contributed by atoms with Crippen LogP contribution in [0.2, 0.25) is 0 Å². The molecule has 2 amide bonds. The predicted octanol–water partition coefficient (Wildman–Crippen LogP) is 3.99. The number of rotatable bonds is 6. The van der Waals surface area contributed by atoms with Crippen molar-refractivity contribution < 1.29 is 22.8 Å². The van der Waals surface area contributed by atoms with Crippen LogP contribution in [-0.2, 0) is 6.54 Å². The number of hydrogen-bond acceptors (Lipinski definition) is 4. The summed E-state index contributed by atoms with van der Waals surface area (Å²) in [4.78, 5) is 37.9. The van der Waals surface area contributed by atoms with E-state index in [9.17, 15) is 27.6 Å². The van der Waals surface area contributed by atoms with Crippen molar-refractivity contribution in [2.24, 2.45) is 0 Å². The lowest BCUT2D eigenvalue weighted by Crippen LogP contribution is -2.33. The summed E-state index contributed by atoms with van der Waals surface area (Å²) in [6, 6.07) is 21.2. The predicted molar refractivity (Wildman–Crippen MR) is 124 cm³/mol. The van der Waals surface area contributed by atoms with E-state index < -0.39 is 24.5 Å². The van der Waals surface area contributed by atoms with Gasteiger partial charge in [0.25, 0.3) is 17.4 Å². The quantitative estimate of drug-likeness (QED) is 0.437. The summed E-state index contributed by atoms with van der Waals surface area (Å²) >= 11 is 0. The van der Waals surface area contributed by atoms with Gasteiger partial charge in [0.2, 0.25) is 0 Å². The van der Waals surface area contributed by atoms with Crippen LogP contribution in [0, 0.1) is 0 Å². The van der Waals surface area contributed by atoms with E-state index in [0.717, 1.165) is 5.56 Å². The van der Waals surface area contributed by atoms with Gasteiger partial charge in [0.1, 0.15) is 6.54 Å². The second-order valence-corrected chi connectivity index (χ2v) is 7.67. The normalized spacial score (nSPS) is 11.3. The molecule has 0 atom stereocenters. The molecular formula is C25H19F3N4O3. The highest BCUT2D eigenvalue weighted by atomic mass is 19.4. The molecule has 0 spiro atoms. The molecule has 7 nitrogen and oxygen atoms in total. The van der Waals surface area contributed by atoms with Gasteiger partial charge in [0, 0.05) is 16.6 Å². The van der Waals surface area contributed by atoms with Crippen LogP contribution >= 0.6 is 0 Å². The van der Waals surface area contributed by atoms with E-state index in [1.165, 1.54) is 28.9 Å². The standard InChI is InChI=1S/C25H19F3N4O3/c26-25(27,28)15-29-22(33)17-10-12-18(13-11-17)30-23(34)21-19-8-4-5-9-20(19)24(35)32(31-21)14-16-6-2-1-3-7-16/h1-13H,14-15H2,(H,29,33)(H,30,34). The smallest absolute Gasteiger partial charge is 0.343 e. The summed E-state index contributed by atoms with van der Waals surface area (Å²) in [5.74, 6) is -1.47. The molecule has 0 unspecified atom stereocenters. The second-order valence-electron chi connectivity index (χ2n) is 7.67. The first-order chi connectivity index (χ1) is 16.7. The zero-order chi connectivity index (χ0) is 25.0. The highest BCUT2D eigenvalue weighted by Gasteiger charge is 2.28. The van der Waals surface area contributed by atoms with E-state index in [1.807, 2.05) is 30.3 Å². The molecule has 0 aliphatic carbocycles. The minimum Gasteiger partial charge on any atom is -0.343 e. The summed E-state index contributed by atoms with van der Waals surface area (Å²) in [5, 5.41) is 9.45. The molecule has 0 saturated heterocycles. The van der Waals surface area contributed by atoms with E-state index in [0.29, 0.717) is 16.5 Å². The number of aromatic nitrogens is 2. The van der Waals surface area contributed by atoms with Gasteiger partial charge in [0.05, 0.1) is 11.9 Å². The summed E-state index contributed by atoms with van der Waals surface area (Å²) in [6.45, 7) is -1.27. The van der Waals surface area contributed by atoms with E-state index >= 15 is 0 Å². The highest BCUT2D eigenvalue weighted by Crippen LogP contribution is 2.17. The molecule has 1 aromatic heterocycles. The van der Waals surface area contributed by atoms with Crippen molar-refractivity contribution in [2.75, 3.05) is 11.9 Å². The lowest BCUT2D eigenvalue weighted by atomic mass is 10.1. The largest absolute Gasteiger partial charge is 0.405 e. The molecule has 0 bridgehead atoms. The van der Waals surface area contributed by atoms with Crippen LogP contribution in [0.3, 0.4) is 0 Å². The molecule has 35 heavy (non-hydrogen) atoms. The maximum atomic E-state index is 13.1. The Labute approximate surface area is 197 Å². The Hall–Kier alpha value is -4.47. The van der Waals surface area contributed by atoms with Crippen molar-refractivity contribution in [3.8, 4) is 0 Å². The van der Waals surface area contributed by atoms with Gasteiger partial charge in [-0.3, -0.25) is 14.4 Å². The molecular weight excluding hydrogens is 461 g/mol. The van der Waals surface area contributed by atoms with E-state index in [-0.39, 0.29) is 23.4 Å². The summed E-state index contributed by atoms with van der Waals surface area (Å²) in [7, 11) is 0. The van der Waals surface area contributed by atoms with Gasteiger partial charge >= 0.3 is 6.18 Å². The van der Waals surface area contributed by atoms with E-state index in [4.69, 9.17) is 0 Å². The fourth-order valence-electron chi connectivity index (χ4n) is 3.44. The fraction of sp³-hybridized carbons (Fsp3) is 0.120. The number of amides is 2. The Morgan fingerprint density at radius 3 is 2.11 bits per heavy atom. The highest BCUT2D eigenvalue weighted by molar-refractivity contribution is 6.11. The molecule has 4 rings (SSSR count). The average Bonchev–Trinajstić information content (AvgIpc) is 2.85. The number of nitrogens with zero attached hydrogens (tertiary/aromatic N) is 2. The number of fused-ring (bicyclic) bond motifs is 1. The van der Waals surface area contributed by atoms with Gasteiger partial charge in [0.15, 0.2) is 5.69 Å². The topological polar surface area (TPSA) is 93.1 Å². The lowest BCUT2D eigenvalue weighted by molar-refractivity contribution is -0.123. The van der Waals surface area contributed by atoms with Crippen molar-refractivity contribution in [1.82, 2.24) is 15.1 Å². The van der Waals surface area contributed by atoms with E-state index in [2.05, 4.69) is 10.4 Å². The molecule has 178 valence electrons. The van der Waals surface area contributed by atoms with Gasteiger partial charge in [-0.25, -0.2) is 4.68 Å². The van der Waals surface area contributed by atoms with Crippen LogP contribution in [0.15, 0.2) is 83.7 Å². The third-order valence-electron chi connectivity index (χ3n) is 5.11. The lowest BCUT2D eigenvalue weighted by Gasteiger charge is -2.12. The van der Waals surface area contributed by atoms with E-state index in [1.54, 1.807) is 29.6 Å². The van der Waals surface area contributed by atoms with Gasteiger partial charge in [-0.2, -0.15) is 18.3 Å². The monoisotopic (exact) mass is 480 g/mol. The van der Waals surface area contributed by atoms with Crippen LogP contribution in [0.5, 0.6) is 0 Å². The van der Waals surface area contributed by atoms with Crippen molar-refractivity contribution >= 4 is 28.3 Å². The number of anilines is 1. The van der Waals surface area contributed by atoms with Gasteiger partial charge in [-0.05, 0) is 35.9 Å². The first kappa shape index (κ1) is 23.7. The Morgan fingerprint density at radius 2 is 1.46 bits per heavy atom. The van der Waals surface area contributed by atoms with Crippen LogP contribution in [0.4, 0.5) is 18.9 Å². The molecule has 10 heteroatoms. The molecule has 4 aromatic rings. The van der Waals surface area contributed by atoms with Gasteiger partial charge in [-0.1, -0.05) is 48.5 Å². The SMILES string of the molecule is O=C(NCC(F)(F)F)c1ccc(NC(=O)c2nn(Cc3ccccc3)c(=O)c3ccccc23)cc1. The van der Waals surface area contributed by atoms with Crippen molar-refractivity contribution in [1.29, 1.82) is 0 Å². The minimum absolute atomic E-state index is 0.00670. The van der Waals surface area contributed by atoms with Gasteiger partial charge in [-0.15, -0.1) is 0 Å². The van der Waals surface area contributed by atoms with Crippen LogP contribution in [0.1, 0.15) is 26.4 Å². The number of halogens is 3. The molecule has 0 aliphatic heterocycles. The number of carbonyl (C=O) groups excluding carboxylic acids is 2. The first-order valence-electron chi connectivity index (χ1n) is 10.5. The number of alkyl halides is 3. The fourth-order valence-corrected chi connectivity index (χ4v) is 3.44. The number of nitrogens with one attached hydrogen (secondary N) is 2. The maximum Gasteiger partial charge on any atom is 0.405 e. The number of hydrogen-bond donors (Lipinski definition) is 2. The first-order valence-corrected chi connectivity index (χ1v) is 10.5. The Morgan fingerprint density at radius 1 is 0.829 bits per heavy atom. The summed E-state index contributed by atoms with van der Waals surface area (Å²) in [5.41, 5.74) is 0.836. The molecule has 0 aliphatic rings. The minimum atomic E-state index is -4.52.